The fourth-order valence-corrected chi connectivity index (χ4v) is 2.08. The second-order valence-corrected chi connectivity index (χ2v) is 5.42. The standard InChI is InChI=1S/C15H16Cl2N4O/c1-2-3-9-18-13-8-7-12(20-21-13)15(22)19-11-6-4-5-10(16)14(11)17/h4-8H,2-3,9H2,1H3,(H,18,21)(H,19,22). The lowest BCUT2D eigenvalue weighted by atomic mass is 10.3. The number of amides is 1. The molecule has 1 aromatic carbocycles. The first-order valence-corrected chi connectivity index (χ1v) is 7.70. The van der Waals surface area contributed by atoms with Gasteiger partial charge in [0.05, 0.1) is 15.7 Å². The molecule has 0 aliphatic heterocycles. The lowest BCUT2D eigenvalue weighted by Crippen LogP contribution is -2.15. The smallest absolute Gasteiger partial charge is 0.276 e. The Morgan fingerprint density at radius 3 is 2.68 bits per heavy atom. The van der Waals surface area contributed by atoms with Gasteiger partial charge in [0.25, 0.3) is 5.91 Å². The summed E-state index contributed by atoms with van der Waals surface area (Å²) >= 11 is 11.9. The van der Waals surface area contributed by atoms with E-state index in [0.717, 1.165) is 19.4 Å². The van der Waals surface area contributed by atoms with Gasteiger partial charge < -0.3 is 10.6 Å². The molecule has 0 spiro atoms. The average molecular weight is 339 g/mol. The van der Waals surface area contributed by atoms with Crippen molar-refractivity contribution in [1.82, 2.24) is 10.2 Å². The number of benzene rings is 1. The van der Waals surface area contributed by atoms with Crippen molar-refractivity contribution in [3.05, 3.63) is 46.1 Å². The molecule has 0 atom stereocenters. The predicted octanol–water partition coefficient (Wildman–Crippen LogP) is 4.25. The molecule has 7 heteroatoms. The highest BCUT2D eigenvalue weighted by atomic mass is 35.5. The maximum Gasteiger partial charge on any atom is 0.276 e. The minimum Gasteiger partial charge on any atom is -0.369 e. The van der Waals surface area contributed by atoms with Crippen molar-refractivity contribution in [3.8, 4) is 0 Å². The summed E-state index contributed by atoms with van der Waals surface area (Å²) in [5.41, 5.74) is 0.642. The summed E-state index contributed by atoms with van der Waals surface area (Å²) in [4.78, 5) is 12.1. The van der Waals surface area contributed by atoms with E-state index in [1.54, 1.807) is 30.3 Å². The van der Waals surface area contributed by atoms with Crippen LogP contribution in [0.15, 0.2) is 30.3 Å². The highest BCUT2D eigenvalue weighted by molar-refractivity contribution is 6.44. The molecule has 0 saturated heterocycles. The van der Waals surface area contributed by atoms with Gasteiger partial charge in [-0.05, 0) is 30.7 Å². The number of hydrogen-bond donors (Lipinski definition) is 2. The summed E-state index contributed by atoms with van der Waals surface area (Å²) in [5.74, 6) is 0.252. The summed E-state index contributed by atoms with van der Waals surface area (Å²) in [6.45, 7) is 2.94. The van der Waals surface area contributed by atoms with Crippen LogP contribution in [0.5, 0.6) is 0 Å². The van der Waals surface area contributed by atoms with Gasteiger partial charge in [-0.2, -0.15) is 0 Å². The third-order valence-electron chi connectivity index (χ3n) is 2.93. The summed E-state index contributed by atoms with van der Waals surface area (Å²) in [5, 5.41) is 14.3. The highest BCUT2D eigenvalue weighted by Gasteiger charge is 2.12. The number of aromatic nitrogens is 2. The molecule has 116 valence electrons. The molecule has 0 aliphatic carbocycles. The summed E-state index contributed by atoms with van der Waals surface area (Å²) < 4.78 is 0. The zero-order valence-electron chi connectivity index (χ0n) is 12.1. The van der Waals surface area contributed by atoms with Crippen molar-refractivity contribution in [2.24, 2.45) is 0 Å². The second-order valence-electron chi connectivity index (χ2n) is 4.64. The molecule has 0 saturated carbocycles. The van der Waals surface area contributed by atoms with Crippen LogP contribution in [-0.4, -0.2) is 22.6 Å². The Bertz CT molecular complexity index is 646. The summed E-state index contributed by atoms with van der Waals surface area (Å²) in [7, 11) is 0. The average Bonchev–Trinajstić information content (AvgIpc) is 2.53. The van der Waals surface area contributed by atoms with Gasteiger partial charge in [0.1, 0.15) is 5.82 Å². The molecule has 0 aliphatic rings. The van der Waals surface area contributed by atoms with E-state index < -0.39 is 5.91 Å². The number of unbranched alkanes of at least 4 members (excludes halogenated alkanes) is 1. The first-order chi connectivity index (χ1) is 10.6. The fourth-order valence-electron chi connectivity index (χ4n) is 1.73. The van der Waals surface area contributed by atoms with Crippen LogP contribution in [0.4, 0.5) is 11.5 Å². The number of halogens is 2. The Hall–Kier alpha value is -1.85. The quantitative estimate of drug-likeness (QED) is 0.772. The van der Waals surface area contributed by atoms with Crippen LogP contribution in [0.1, 0.15) is 30.3 Å². The fraction of sp³-hybridized carbons (Fsp3) is 0.267. The molecular formula is C15H16Cl2N4O. The number of hydrogen-bond acceptors (Lipinski definition) is 4. The lowest BCUT2D eigenvalue weighted by Gasteiger charge is -2.08. The van der Waals surface area contributed by atoms with Crippen LogP contribution < -0.4 is 10.6 Å². The Balaban J connectivity index is 2.02. The van der Waals surface area contributed by atoms with Crippen molar-refractivity contribution in [1.29, 1.82) is 0 Å². The number of rotatable bonds is 6. The van der Waals surface area contributed by atoms with E-state index in [1.807, 2.05) is 0 Å². The molecule has 2 rings (SSSR count). The monoisotopic (exact) mass is 338 g/mol. The Kier molecular flexibility index (Phi) is 5.98. The molecule has 1 amide bonds. The molecule has 0 bridgehead atoms. The van der Waals surface area contributed by atoms with Crippen LogP contribution in [0, 0.1) is 0 Å². The first-order valence-electron chi connectivity index (χ1n) is 6.94. The van der Waals surface area contributed by atoms with E-state index in [-0.39, 0.29) is 5.69 Å². The van der Waals surface area contributed by atoms with Crippen molar-refractivity contribution in [2.45, 2.75) is 19.8 Å². The van der Waals surface area contributed by atoms with Crippen molar-refractivity contribution in [2.75, 3.05) is 17.2 Å². The van der Waals surface area contributed by atoms with Gasteiger partial charge in [-0.3, -0.25) is 4.79 Å². The van der Waals surface area contributed by atoms with E-state index in [2.05, 4.69) is 27.8 Å². The Morgan fingerprint density at radius 2 is 2.00 bits per heavy atom. The SMILES string of the molecule is CCCCNc1ccc(C(=O)Nc2cccc(Cl)c2Cl)nn1. The molecular weight excluding hydrogens is 323 g/mol. The molecule has 5 nitrogen and oxygen atoms in total. The normalized spacial score (nSPS) is 10.3. The minimum atomic E-state index is -0.392. The maximum absolute atomic E-state index is 12.1. The summed E-state index contributed by atoms with van der Waals surface area (Å²) in [6.07, 6.45) is 2.15. The largest absolute Gasteiger partial charge is 0.369 e. The number of carbonyl (C=O) groups excluding carboxylic acids is 1. The third kappa shape index (κ3) is 4.32. The number of nitrogens with one attached hydrogen (secondary N) is 2. The van der Waals surface area contributed by atoms with Gasteiger partial charge in [-0.1, -0.05) is 42.6 Å². The van der Waals surface area contributed by atoms with E-state index >= 15 is 0 Å². The van der Waals surface area contributed by atoms with Crippen LogP contribution >= 0.6 is 23.2 Å². The number of nitrogens with zero attached hydrogens (tertiary/aromatic N) is 2. The maximum atomic E-state index is 12.1. The summed E-state index contributed by atoms with van der Waals surface area (Å²) in [6, 6.07) is 8.35. The van der Waals surface area contributed by atoms with Crippen LogP contribution in [-0.2, 0) is 0 Å². The molecule has 0 fully saturated rings. The molecule has 1 aromatic heterocycles. The van der Waals surface area contributed by atoms with E-state index in [0.29, 0.717) is 21.6 Å². The van der Waals surface area contributed by atoms with Crippen molar-refractivity contribution < 1.29 is 4.79 Å². The van der Waals surface area contributed by atoms with Gasteiger partial charge >= 0.3 is 0 Å². The van der Waals surface area contributed by atoms with E-state index in [1.165, 1.54) is 0 Å². The third-order valence-corrected chi connectivity index (χ3v) is 3.75. The van der Waals surface area contributed by atoms with Crippen LogP contribution in [0.2, 0.25) is 10.0 Å². The van der Waals surface area contributed by atoms with Gasteiger partial charge in [-0.15, -0.1) is 10.2 Å². The van der Waals surface area contributed by atoms with E-state index in [9.17, 15) is 4.79 Å². The van der Waals surface area contributed by atoms with Gasteiger partial charge in [0.2, 0.25) is 0 Å². The first kappa shape index (κ1) is 16.5. The molecule has 1 heterocycles. The number of carbonyl (C=O) groups is 1. The van der Waals surface area contributed by atoms with Crippen LogP contribution in [0.3, 0.4) is 0 Å². The van der Waals surface area contributed by atoms with E-state index in [4.69, 9.17) is 23.2 Å². The molecule has 2 N–H and O–H groups in total. The Morgan fingerprint density at radius 1 is 1.18 bits per heavy atom. The predicted molar refractivity (Wildman–Crippen MR) is 89.8 cm³/mol. The van der Waals surface area contributed by atoms with Gasteiger partial charge in [-0.25, -0.2) is 0 Å². The van der Waals surface area contributed by atoms with Crippen LogP contribution in [0.25, 0.3) is 0 Å². The Labute approximate surface area is 139 Å². The van der Waals surface area contributed by atoms with Crippen molar-refractivity contribution in [3.63, 3.8) is 0 Å². The zero-order valence-corrected chi connectivity index (χ0v) is 13.6. The molecule has 0 radical (unpaired) electrons. The minimum absolute atomic E-state index is 0.206. The topological polar surface area (TPSA) is 66.9 Å². The molecule has 22 heavy (non-hydrogen) atoms. The zero-order chi connectivity index (χ0) is 15.9. The number of anilines is 2. The lowest BCUT2D eigenvalue weighted by molar-refractivity contribution is 0.102. The van der Waals surface area contributed by atoms with Crippen molar-refractivity contribution >= 4 is 40.6 Å². The molecule has 0 unspecified atom stereocenters. The molecule has 2 aromatic rings. The van der Waals surface area contributed by atoms with Gasteiger partial charge in [0.15, 0.2) is 5.69 Å². The highest BCUT2D eigenvalue weighted by Crippen LogP contribution is 2.29. The van der Waals surface area contributed by atoms with Gasteiger partial charge in [0, 0.05) is 6.54 Å². The second kappa shape index (κ2) is 7.96.